The van der Waals surface area contributed by atoms with Crippen LogP contribution in [0.25, 0.3) is 0 Å². The van der Waals surface area contributed by atoms with Crippen LogP contribution in [0.2, 0.25) is 0 Å². The maximum atomic E-state index is 12.1. The van der Waals surface area contributed by atoms with Gasteiger partial charge >= 0.3 is 5.97 Å². The molecule has 0 saturated carbocycles. The van der Waals surface area contributed by atoms with Crippen molar-refractivity contribution in [2.24, 2.45) is 11.7 Å². The maximum absolute atomic E-state index is 12.1. The van der Waals surface area contributed by atoms with Crippen molar-refractivity contribution in [3.63, 3.8) is 0 Å². The van der Waals surface area contributed by atoms with Crippen molar-refractivity contribution in [2.75, 3.05) is 0 Å². The molecule has 8 heteroatoms. The first-order valence-electron chi connectivity index (χ1n) is 6.28. The minimum Gasteiger partial charge on any atom is -0.480 e. The smallest absolute Gasteiger partial charge is 0.321 e. The monoisotopic (exact) mass is 314 g/mol. The van der Waals surface area contributed by atoms with Gasteiger partial charge in [-0.1, -0.05) is 13.8 Å². The lowest BCUT2D eigenvalue weighted by molar-refractivity contribution is -0.139. The predicted octanol–water partition coefficient (Wildman–Crippen LogP) is 0.563. The van der Waals surface area contributed by atoms with E-state index in [9.17, 15) is 18.0 Å². The average molecular weight is 314 g/mol. The number of carboxylic acids is 1. The fourth-order valence-electron chi connectivity index (χ4n) is 1.72. The van der Waals surface area contributed by atoms with Gasteiger partial charge in [0.1, 0.15) is 6.04 Å². The Labute approximate surface area is 123 Å². The van der Waals surface area contributed by atoms with Gasteiger partial charge in [-0.25, -0.2) is 8.42 Å². The Hall–Kier alpha value is -1.93. The van der Waals surface area contributed by atoms with Crippen LogP contribution in [0.1, 0.15) is 30.6 Å². The van der Waals surface area contributed by atoms with Gasteiger partial charge in [-0.05, 0) is 36.6 Å². The molecule has 0 spiro atoms. The summed E-state index contributed by atoms with van der Waals surface area (Å²) in [4.78, 5) is 21.9. The second kappa shape index (κ2) is 6.68. The third kappa shape index (κ3) is 4.83. The molecule has 0 heterocycles. The molecule has 0 aliphatic carbocycles. The first-order valence-corrected chi connectivity index (χ1v) is 7.77. The number of hydrogen-bond donors (Lipinski definition) is 3. The van der Waals surface area contributed by atoms with Gasteiger partial charge in [-0.3, -0.25) is 9.59 Å². The maximum Gasteiger partial charge on any atom is 0.321 e. The SMILES string of the molecule is CC(C)C[C@H](NS(=O)(=O)c1ccc(C(N)=O)cc1)C(=O)O. The third-order valence-electron chi connectivity index (χ3n) is 2.75. The molecule has 0 saturated heterocycles. The summed E-state index contributed by atoms with van der Waals surface area (Å²) in [5.41, 5.74) is 5.24. The van der Waals surface area contributed by atoms with E-state index < -0.39 is 27.9 Å². The lowest BCUT2D eigenvalue weighted by atomic mass is 10.1. The Morgan fingerprint density at radius 3 is 2.14 bits per heavy atom. The highest BCUT2D eigenvalue weighted by Gasteiger charge is 2.26. The Morgan fingerprint density at radius 1 is 1.24 bits per heavy atom. The van der Waals surface area contributed by atoms with Gasteiger partial charge in [-0.15, -0.1) is 0 Å². The molecule has 0 unspecified atom stereocenters. The van der Waals surface area contributed by atoms with E-state index in [0.717, 1.165) is 0 Å². The van der Waals surface area contributed by atoms with Crippen LogP contribution in [0.15, 0.2) is 29.2 Å². The minimum absolute atomic E-state index is 0.0195. The number of carbonyl (C=O) groups is 2. The first-order chi connectivity index (χ1) is 9.63. The van der Waals surface area contributed by atoms with Gasteiger partial charge in [0.05, 0.1) is 4.90 Å². The molecule has 1 amide bonds. The van der Waals surface area contributed by atoms with E-state index in [-0.39, 0.29) is 22.8 Å². The minimum atomic E-state index is -3.98. The van der Waals surface area contributed by atoms with Crippen molar-refractivity contribution < 1.29 is 23.1 Å². The van der Waals surface area contributed by atoms with Crippen LogP contribution in [-0.2, 0) is 14.8 Å². The lowest BCUT2D eigenvalue weighted by Gasteiger charge is -2.16. The summed E-state index contributed by atoms with van der Waals surface area (Å²) in [5.74, 6) is -1.89. The van der Waals surface area contributed by atoms with E-state index in [1.807, 2.05) is 0 Å². The number of nitrogens with two attached hydrogens (primary N) is 1. The zero-order chi connectivity index (χ0) is 16.2. The Morgan fingerprint density at radius 2 is 1.76 bits per heavy atom. The summed E-state index contributed by atoms with van der Waals surface area (Å²) < 4.78 is 26.4. The van der Waals surface area contributed by atoms with Gasteiger partial charge < -0.3 is 10.8 Å². The number of aliphatic carboxylic acids is 1. The van der Waals surface area contributed by atoms with Crippen molar-refractivity contribution in [2.45, 2.75) is 31.2 Å². The standard InChI is InChI=1S/C13H18N2O5S/c1-8(2)7-11(13(17)18)15-21(19,20)10-5-3-9(4-6-10)12(14)16/h3-6,8,11,15H,7H2,1-2H3,(H2,14,16)(H,17,18)/t11-/m0/s1. The predicted molar refractivity (Wildman–Crippen MR) is 76.2 cm³/mol. The second-order valence-electron chi connectivity index (χ2n) is 5.03. The number of hydrogen-bond acceptors (Lipinski definition) is 4. The molecule has 1 rings (SSSR count). The quantitative estimate of drug-likeness (QED) is 0.678. The molecule has 7 nitrogen and oxygen atoms in total. The normalized spacial score (nSPS) is 13.1. The summed E-state index contributed by atoms with van der Waals surface area (Å²) in [6.45, 7) is 3.60. The van der Waals surface area contributed by atoms with Crippen molar-refractivity contribution in [1.29, 1.82) is 0 Å². The number of amides is 1. The van der Waals surface area contributed by atoms with Gasteiger partial charge in [0, 0.05) is 5.56 Å². The van der Waals surface area contributed by atoms with E-state index in [1.165, 1.54) is 24.3 Å². The van der Waals surface area contributed by atoms with Gasteiger partial charge in [0.15, 0.2) is 0 Å². The molecule has 0 aliphatic heterocycles. The van der Waals surface area contributed by atoms with E-state index >= 15 is 0 Å². The zero-order valence-electron chi connectivity index (χ0n) is 11.7. The molecule has 1 atom stereocenters. The fourth-order valence-corrected chi connectivity index (χ4v) is 2.93. The summed E-state index contributed by atoms with van der Waals surface area (Å²) in [7, 11) is -3.98. The van der Waals surface area contributed by atoms with Crippen molar-refractivity contribution in [3.05, 3.63) is 29.8 Å². The molecule has 0 radical (unpaired) electrons. The van der Waals surface area contributed by atoms with E-state index in [1.54, 1.807) is 13.8 Å². The van der Waals surface area contributed by atoms with Crippen LogP contribution in [0.3, 0.4) is 0 Å². The van der Waals surface area contributed by atoms with Crippen molar-refractivity contribution in [1.82, 2.24) is 4.72 Å². The molecule has 21 heavy (non-hydrogen) atoms. The average Bonchev–Trinajstić information content (AvgIpc) is 2.37. The Kier molecular flexibility index (Phi) is 5.45. The van der Waals surface area contributed by atoms with Gasteiger partial charge in [0.25, 0.3) is 0 Å². The summed E-state index contributed by atoms with van der Waals surface area (Å²) in [6.07, 6.45) is 0.175. The molecule has 1 aromatic rings. The van der Waals surface area contributed by atoms with Gasteiger partial charge in [0.2, 0.25) is 15.9 Å². The van der Waals surface area contributed by atoms with Crippen LogP contribution < -0.4 is 10.5 Å². The van der Waals surface area contributed by atoms with Crippen LogP contribution in [-0.4, -0.2) is 31.4 Å². The van der Waals surface area contributed by atoms with Crippen LogP contribution in [0, 0.1) is 5.92 Å². The highest BCUT2D eigenvalue weighted by Crippen LogP contribution is 2.13. The van der Waals surface area contributed by atoms with Crippen LogP contribution in [0.4, 0.5) is 0 Å². The van der Waals surface area contributed by atoms with Crippen LogP contribution >= 0.6 is 0 Å². The second-order valence-corrected chi connectivity index (χ2v) is 6.74. The molecule has 0 aromatic heterocycles. The Bertz CT molecular complexity index is 622. The molecular weight excluding hydrogens is 296 g/mol. The topological polar surface area (TPSA) is 127 Å². The van der Waals surface area contributed by atoms with Crippen molar-refractivity contribution in [3.8, 4) is 0 Å². The highest BCUT2D eigenvalue weighted by atomic mass is 32.2. The van der Waals surface area contributed by atoms with E-state index in [0.29, 0.717) is 0 Å². The zero-order valence-corrected chi connectivity index (χ0v) is 12.6. The summed E-state index contributed by atoms with van der Waals surface area (Å²) >= 11 is 0. The summed E-state index contributed by atoms with van der Waals surface area (Å²) in [5, 5.41) is 9.06. The molecule has 4 N–H and O–H groups in total. The number of carbonyl (C=O) groups excluding carboxylic acids is 1. The largest absolute Gasteiger partial charge is 0.480 e. The van der Waals surface area contributed by atoms with E-state index in [2.05, 4.69) is 4.72 Å². The fraction of sp³-hybridized carbons (Fsp3) is 0.385. The van der Waals surface area contributed by atoms with Crippen molar-refractivity contribution >= 4 is 21.9 Å². The number of primary amides is 1. The number of nitrogens with one attached hydrogen (secondary N) is 1. The number of carboxylic acid groups (broad SMARTS) is 1. The molecular formula is C13H18N2O5S. The highest BCUT2D eigenvalue weighted by molar-refractivity contribution is 7.89. The third-order valence-corrected chi connectivity index (χ3v) is 4.24. The first kappa shape index (κ1) is 17.1. The molecule has 1 aromatic carbocycles. The number of sulfonamides is 1. The molecule has 0 aliphatic rings. The number of rotatable bonds is 7. The van der Waals surface area contributed by atoms with Gasteiger partial charge in [-0.2, -0.15) is 4.72 Å². The Balaban J connectivity index is 2.98. The lowest BCUT2D eigenvalue weighted by Crippen LogP contribution is -2.41. The molecule has 0 fully saturated rings. The molecule has 0 bridgehead atoms. The molecule has 116 valence electrons. The van der Waals surface area contributed by atoms with Crippen LogP contribution in [0.5, 0.6) is 0 Å². The van der Waals surface area contributed by atoms with E-state index in [4.69, 9.17) is 10.8 Å². The summed E-state index contributed by atoms with van der Waals surface area (Å²) in [6, 6.07) is 3.75. The number of benzene rings is 1.